The van der Waals surface area contributed by atoms with E-state index in [1.165, 1.54) is 4.90 Å². The van der Waals surface area contributed by atoms with E-state index < -0.39 is 16.2 Å². The lowest BCUT2D eigenvalue weighted by Crippen LogP contribution is -2.50. The van der Waals surface area contributed by atoms with Gasteiger partial charge in [0, 0.05) is 5.92 Å². The summed E-state index contributed by atoms with van der Waals surface area (Å²) in [5.74, 6) is -0.0315. The first kappa shape index (κ1) is 21.6. The zero-order valence-corrected chi connectivity index (χ0v) is 21.1. The highest BCUT2D eigenvalue weighted by Gasteiger charge is 2.67. The van der Waals surface area contributed by atoms with Crippen molar-refractivity contribution in [3.63, 3.8) is 0 Å². The van der Waals surface area contributed by atoms with Crippen LogP contribution in [0.5, 0.6) is 11.5 Å². The van der Waals surface area contributed by atoms with Crippen molar-refractivity contribution < 1.29 is 14.3 Å². The smallest absolute Gasteiger partial charge is 0.239 e. The van der Waals surface area contributed by atoms with Gasteiger partial charge < -0.3 is 4.74 Å². The molecule has 2 bridgehead atoms. The van der Waals surface area contributed by atoms with Crippen molar-refractivity contribution in [3.8, 4) is 11.5 Å². The van der Waals surface area contributed by atoms with Gasteiger partial charge in [-0.1, -0.05) is 82.2 Å². The molecule has 4 aromatic rings. The van der Waals surface area contributed by atoms with Gasteiger partial charge in [0.25, 0.3) is 0 Å². The molecule has 0 spiro atoms. The molecule has 36 heavy (non-hydrogen) atoms. The van der Waals surface area contributed by atoms with Gasteiger partial charge in [-0.25, -0.2) is 4.90 Å². The Kier molecular flexibility index (Phi) is 4.58. The minimum absolute atomic E-state index is 0.143. The van der Waals surface area contributed by atoms with E-state index in [1.54, 1.807) is 24.3 Å². The van der Waals surface area contributed by atoms with E-state index in [0.29, 0.717) is 11.4 Å². The van der Waals surface area contributed by atoms with Crippen LogP contribution in [0.1, 0.15) is 33.7 Å². The number of amides is 2. The maximum Gasteiger partial charge on any atom is 0.239 e. The molecular weight excluding hydrogens is 514 g/mol. The molecule has 1 fully saturated rings. The van der Waals surface area contributed by atoms with E-state index in [0.717, 1.165) is 33.6 Å². The van der Waals surface area contributed by atoms with E-state index >= 15 is 0 Å². The lowest BCUT2D eigenvalue weighted by Gasteiger charge is -2.51. The standard InChI is InChI=1S/C31H22BrNO3/c1-18-10-14-20(15-11-18)36-21-16-12-19(13-17-21)33-29(34)27-26-22-6-2-4-8-24(22)31(32,28(27)30(33)35)25-9-5-3-7-23(25)26/h2-17,26-28H,1H3/t26?,27-,28-,31?/m1/s1. The van der Waals surface area contributed by atoms with Crippen LogP contribution in [0.15, 0.2) is 97.1 Å². The Morgan fingerprint density at radius 3 is 1.83 bits per heavy atom. The second-order valence-corrected chi connectivity index (χ2v) is 11.0. The Labute approximate surface area is 217 Å². The molecule has 0 aromatic heterocycles. The molecule has 8 rings (SSSR count). The molecule has 4 nitrogen and oxygen atoms in total. The summed E-state index contributed by atoms with van der Waals surface area (Å²) in [6.07, 6.45) is 0. The van der Waals surface area contributed by atoms with Gasteiger partial charge in [0.1, 0.15) is 11.5 Å². The normalized spacial score (nSPS) is 25.4. The van der Waals surface area contributed by atoms with Crippen LogP contribution in [-0.2, 0) is 13.9 Å². The number of nitrogens with zero attached hydrogens (tertiary/aromatic N) is 1. The molecule has 176 valence electrons. The Balaban J connectivity index is 1.28. The first-order valence-electron chi connectivity index (χ1n) is 12.1. The average Bonchev–Trinajstić information content (AvgIpc) is 3.17. The van der Waals surface area contributed by atoms with E-state index in [4.69, 9.17) is 4.74 Å². The number of imide groups is 1. The summed E-state index contributed by atoms with van der Waals surface area (Å²) >= 11 is 4.04. The van der Waals surface area contributed by atoms with Crippen molar-refractivity contribution in [1.82, 2.24) is 0 Å². The van der Waals surface area contributed by atoms with Crippen LogP contribution < -0.4 is 9.64 Å². The number of halogens is 1. The number of anilines is 1. The van der Waals surface area contributed by atoms with Gasteiger partial charge in [-0.05, 0) is 65.6 Å². The van der Waals surface area contributed by atoms with Crippen molar-refractivity contribution in [2.75, 3.05) is 4.90 Å². The predicted octanol–water partition coefficient (Wildman–Crippen LogP) is 6.69. The van der Waals surface area contributed by atoms with Gasteiger partial charge >= 0.3 is 0 Å². The summed E-state index contributed by atoms with van der Waals surface area (Å²) in [6, 6.07) is 31.4. The maximum atomic E-state index is 14.0. The highest BCUT2D eigenvalue weighted by molar-refractivity contribution is 9.09. The zero-order valence-electron chi connectivity index (χ0n) is 19.5. The Hall–Kier alpha value is -3.70. The number of hydrogen-bond donors (Lipinski definition) is 0. The molecule has 0 radical (unpaired) electrons. The van der Waals surface area contributed by atoms with Crippen LogP contribution in [0.2, 0.25) is 0 Å². The van der Waals surface area contributed by atoms with Crippen molar-refractivity contribution in [2.24, 2.45) is 11.8 Å². The number of carbonyl (C=O) groups excluding carboxylic acids is 2. The zero-order chi connectivity index (χ0) is 24.6. The number of benzene rings is 4. The summed E-state index contributed by atoms with van der Waals surface area (Å²) < 4.78 is 5.21. The fourth-order valence-electron chi connectivity index (χ4n) is 6.34. The summed E-state index contributed by atoms with van der Waals surface area (Å²) in [5, 5.41) is 0. The third kappa shape index (κ3) is 2.80. The molecule has 3 aliphatic carbocycles. The number of hydrogen-bond acceptors (Lipinski definition) is 3. The van der Waals surface area contributed by atoms with Crippen LogP contribution in [0.25, 0.3) is 0 Å². The van der Waals surface area contributed by atoms with Crippen LogP contribution in [0.4, 0.5) is 5.69 Å². The number of ether oxygens (including phenoxy) is 1. The fraction of sp³-hybridized carbons (Fsp3) is 0.161. The molecule has 1 aliphatic heterocycles. The van der Waals surface area contributed by atoms with Crippen molar-refractivity contribution >= 4 is 33.4 Å². The van der Waals surface area contributed by atoms with Gasteiger partial charge in [0.2, 0.25) is 11.8 Å². The SMILES string of the molecule is Cc1ccc(Oc2ccc(N3C(=O)[C@@H]4C5c6ccccc6C(Br)(c6ccccc65)[C@H]4C3=O)cc2)cc1. The fourth-order valence-corrected chi connectivity index (χ4v) is 7.54. The second-order valence-electron chi connectivity index (χ2n) is 9.79. The molecule has 0 unspecified atom stereocenters. The average molecular weight is 536 g/mol. The molecular formula is C31H22BrNO3. The summed E-state index contributed by atoms with van der Waals surface area (Å²) in [4.78, 5) is 29.4. The topological polar surface area (TPSA) is 46.6 Å². The van der Waals surface area contributed by atoms with Gasteiger partial charge in [-0.15, -0.1) is 0 Å². The highest BCUT2D eigenvalue weighted by atomic mass is 79.9. The van der Waals surface area contributed by atoms with Gasteiger partial charge in [-0.3, -0.25) is 9.59 Å². The Bertz CT molecular complexity index is 1500. The first-order valence-corrected chi connectivity index (χ1v) is 12.9. The minimum Gasteiger partial charge on any atom is -0.457 e. The number of carbonyl (C=O) groups is 2. The molecule has 0 N–H and O–H groups in total. The number of rotatable bonds is 3. The summed E-state index contributed by atoms with van der Waals surface area (Å²) in [7, 11) is 0. The molecule has 4 aromatic carbocycles. The van der Waals surface area contributed by atoms with E-state index in [2.05, 4.69) is 40.2 Å². The van der Waals surface area contributed by atoms with Gasteiger partial charge in [-0.2, -0.15) is 0 Å². The Morgan fingerprint density at radius 2 is 1.25 bits per heavy atom. The second kappa shape index (κ2) is 7.65. The highest BCUT2D eigenvalue weighted by Crippen LogP contribution is 2.66. The third-order valence-electron chi connectivity index (χ3n) is 7.87. The first-order chi connectivity index (χ1) is 17.5. The molecule has 2 amide bonds. The van der Waals surface area contributed by atoms with Crippen molar-refractivity contribution in [3.05, 3.63) is 125 Å². The van der Waals surface area contributed by atoms with E-state index in [1.807, 2.05) is 55.5 Å². The van der Waals surface area contributed by atoms with Crippen LogP contribution in [0, 0.1) is 18.8 Å². The third-order valence-corrected chi connectivity index (χ3v) is 9.21. The largest absolute Gasteiger partial charge is 0.457 e. The van der Waals surface area contributed by atoms with Gasteiger partial charge in [0.05, 0.1) is 21.8 Å². The molecule has 1 saturated heterocycles. The van der Waals surface area contributed by atoms with Crippen LogP contribution >= 0.6 is 15.9 Å². The summed E-state index contributed by atoms with van der Waals surface area (Å²) in [6.45, 7) is 2.03. The lowest BCUT2D eigenvalue weighted by molar-refractivity contribution is -0.122. The molecule has 4 aliphatic rings. The minimum atomic E-state index is -0.740. The van der Waals surface area contributed by atoms with Crippen LogP contribution in [0.3, 0.4) is 0 Å². The van der Waals surface area contributed by atoms with Crippen molar-refractivity contribution in [1.29, 1.82) is 0 Å². The monoisotopic (exact) mass is 535 g/mol. The number of aryl methyl sites for hydroxylation is 1. The van der Waals surface area contributed by atoms with E-state index in [-0.39, 0.29) is 17.7 Å². The lowest BCUT2D eigenvalue weighted by atomic mass is 9.55. The molecule has 5 heteroatoms. The maximum absolute atomic E-state index is 14.0. The summed E-state index contributed by atoms with van der Waals surface area (Å²) in [5.41, 5.74) is 6.14. The Morgan fingerprint density at radius 1 is 0.722 bits per heavy atom. The molecule has 2 atom stereocenters. The van der Waals surface area contributed by atoms with E-state index in [9.17, 15) is 9.59 Å². The van der Waals surface area contributed by atoms with Crippen LogP contribution in [-0.4, -0.2) is 11.8 Å². The molecule has 0 saturated carbocycles. The van der Waals surface area contributed by atoms with Crippen molar-refractivity contribution in [2.45, 2.75) is 17.2 Å². The van der Waals surface area contributed by atoms with Gasteiger partial charge in [0.15, 0.2) is 0 Å². The number of alkyl halides is 1. The quantitative estimate of drug-likeness (QED) is 0.217. The molecule has 1 heterocycles. The predicted molar refractivity (Wildman–Crippen MR) is 142 cm³/mol.